The standard InChI is InChI=1S/C16H31NO2S/c1-12(2)17-11-16(9-13-8-14(13)10-16)6-7-20(18,19)15(3,4)5/h12-14,17H,6-11H2,1-5H3. The fourth-order valence-electron chi connectivity index (χ4n) is 3.52. The molecule has 2 saturated carbocycles. The molecule has 118 valence electrons. The van der Waals surface area contributed by atoms with E-state index in [1.807, 2.05) is 20.8 Å². The Balaban J connectivity index is 1.99. The second kappa shape index (κ2) is 5.28. The van der Waals surface area contributed by atoms with Crippen LogP contribution in [0, 0.1) is 17.3 Å². The highest BCUT2D eigenvalue weighted by Crippen LogP contribution is 2.61. The first-order chi connectivity index (χ1) is 9.05. The average molecular weight is 301 g/mol. The summed E-state index contributed by atoms with van der Waals surface area (Å²) < 4.78 is 24.1. The molecular weight excluding hydrogens is 270 g/mol. The lowest BCUT2D eigenvalue weighted by atomic mass is 9.80. The highest BCUT2D eigenvalue weighted by Gasteiger charge is 2.53. The SMILES string of the molecule is CC(C)NCC1(CCS(=O)(=O)C(C)(C)C)CC2CC2C1. The number of rotatable bonds is 6. The lowest BCUT2D eigenvalue weighted by Gasteiger charge is -2.33. The molecular formula is C16H31NO2S. The Morgan fingerprint density at radius 2 is 1.75 bits per heavy atom. The quantitative estimate of drug-likeness (QED) is 0.820. The van der Waals surface area contributed by atoms with E-state index >= 15 is 0 Å². The van der Waals surface area contributed by atoms with E-state index in [9.17, 15) is 8.42 Å². The number of nitrogens with one attached hydrogen (secondary N) is 1. The molecule has 0 aromatic carbocycles. The second-order valence-corrected chi connectivity index (χ2v) is 11.2. The van der Waals surface area contributed by atoms with E-state index in [1.54, 1.807) is 0 Å². The van der Waals surface area contributed by atoms with E-state index in [-0.39, 0.29) is 5.41 Å². The van der Waals surface area contributed by atoms with Gasteiger partial charge in [0.15, 0.2) is 9.84 Å². The zero-order valence-corrected chi connectivity index (χ0v) is 14.5. The smallest absolute Gasteiger partial charge is 0.155 e. The molecule has 0 aliphatic heterocycles. The van der Waals surface area contributed by atoms with Gasteiger partial charge in [-0.15, -0.1) is 0 Å². The van der Waals surface area contributed by atoms with Gasteiger partial charge in [-0.3, -0.25) is 0 Å². The fraction of sp³-hybridized carbons (Fsp3) is 1.00. The number of hydrogen-bond donors (Lipinski definition) is 1. The molecule has 20 heavy (non-hydrogen) atoms. The van der Waals surface area contributed by atoms with Crippen LogP contribution in [-0.4, -0.2) is 31.5 Å². The minimum Gasteiger partial charge on any atom is -0.314 e. The Morgan fingerprint density at radius 1 is 1.20 bits per heavy atom. The van der Waals surface area contributed by atoms with Gasteiger partial charge in [0.25, 0.3) is 0 Å². The Kier molecular flexibility index (Phi) is 4.29. The van der Waals surface area contributed by atoms with E-state index in [0.29, 0.717) is 11.8 Å². The molecule has 0 amide bonds. The predicted octanol–water partition coefficient (Wildman–Crippen LogP) is 3.00. The molecule has 2 rings (SSSR count). The van der Waals surface area contributed by atoms with E-state index in [0.717, 1.165) is 24.8 Å². The molecule has 0 aromatic heterocycles. The van der Waals surface area contributed by atoms with Crippen molar-refractivity contribution in [2.24, 2.45) is 17.3 Å². The van der Waals surface area contributed by atoms with Crippen LogP contribution in [-0.2, 0) is 9.84 Å². The van der Waals surface area contributed by atoms with E-state index in [1.165, 1.54) is 19.3 Å². The summed E-state index contributed by atoms with van der Waals surface area (Å²) >= 11 is 0. The van der Waals surface area contributed by atoms with Crippen LogP contribution < -0.4 is 5.32 Å². The van der Waals surface area contributed by atoms with Crippen molar-refractivity contribution < 1.29 is 8.42 Å². The van der Waals surface area contributed by atoms with Crippen molar-refractivity contribution in [3.8, 4) is 0 Å². The van der Waals surface area contributed by atoms with Crippen molar-refractivity contribution in [3.63, 3.8) is 0 Å². The summed E-state index contributed by atoms with van der Waals surface area (Å²) in [5.74, 6) is 2.12. The molecule has 3 nitrogen and oxygen atoms in total. The molecule has 2 aliphatic rings. The lowest BCUT2D eigenvalue weighted by Crippen LogP contribution is -2.39. The van der Waals surface area contributed by atoms with Crippen molar-refractivity contribution in [2.75, 3.05) is 12.3 Å². The molecule has 1 N–H and O–H groups in total. The van der Waals surface area contributed by atoms with Crippen LogP contribution in [0.15, 0.2) is 0 Å². The number of hydrogen-bond acceptors (Lipinski definition) is 3. The van der Waals surface area contributed by atoms with Gasteiger partial charge >= 0.3 is 0 Å². The third-order valence-corrected chi connectivity index (χ3v) is 7.79. The zero-order chi connectivity index (χ0) is 15.2. The number of sulfone groups is 1. The molecule has 0 aromatic rings. The molecule has 0 heterocycles. The third-order valence-electron chi connectivity index (χ3n) is 5.18. The summed E-state index contributed by atoms with van der Waals surface area (Å²) in [6, 6.07) is 0.475. The van der Waals surface area contributed by atoms with Gasteiger partial charge in [-0.1, -0.05) is 13.8 Å². The maximum absolute atomic E-state index is 12.4. The molecule has 0 radical (unpaired) electrons. The maximum atomic E-state index is 12.4. The molecule has 0 spiro atoms. The first-order valence-electron chi connectivity index (χ1n) is 8.00. The van der Waals surface area contributed by atoms with Crippen LogP contribution >= 0.6 is 0 Å². The highest BCUT2D eigenvalue weighted by atomic mass is 32.2. The summed E-state index contributed by atoms with van der Waals surface area (Å²) in [5.41, 5.74) is 0.232. The third kappa shape index (κ3) is 3.56. The average Bonchev–Trinajstić information content (AvgIpc) is 2.91. The minimum atomic E-state index is -2.99. The Labute approximate surface area is 124 Å². The first kappa shape index (κ1) is 16.3. The van der Waals surface area contributed by atoms with Crippen LogP contribution in [0.5, 0.6) is 0 Å². The molecule has 2 unspecified atom stereocenters. The highest BCUT2D eigenvalue weighted by molar-refractivity contribution is 7.92. The summed E-state index contributed by atoms with van der Waals surface area (Å²) in [7, 11) is -2.99. The molecule has 2 fully saturated rings. The Bertz CT molecular complexity index is 438. The van der Waals surface area contributed by atoms with Gasteiger partial charge in [0.05, 0.1) is 10.5 Å². The molecule has 2 aliphatic carbocycles. The van der Waals surface area contributed by atoms with Gasteiger partial charge in [-0.05, 0) is 63.7 Å². The van der Waals surface area contributed by atoms with Crippen LogP contribution in [0.1, 0.15) is 60.3 Å². The van der Waals surface area contributed by atoms with Crippen molar-refractivity contribution in [1.29, 1.82) is 0 Å². The van der Waals surface area contributed by atoms with Crippen molar-refractivity contribution in [2.45, 2.75) is 71.1 Å². The Morgan fingerprint density at radius 3 is 2.20 bits per heavy atom. The lowest BCUT2D eigenvalue weighted by molar-refractivity contribution is 0.234. The minimum absolute atomic E-state index is 0.232. The normalized spacial score (nSPS) is 33.5. The monoisotopic (exact) mass is 301 g/mol. The number of fused-ring (bicyclic) bond motifs is 1. The van der Waals surface area contributed by atoms with Gasteiger partial charge in [-0.25, -0.2) is 8.42 Å². The van der Waals surface area contributed by atoms with Gasteiger partial charge in [-0.2, -0.15) is 0 Å². The fourth-order valence-corrected chi connectivity index (χ4v) is 4.83. The maximum Gasteiger partial charge on any atom is 0.155 e. The van der Waals surface area contributed by atoms with Crippen LogP contribution in [0.25, 0.3) is 0 Å². The van der Waals surface area contributed by atoms with Gasteiger partial charge in [0, 0.05) is 12.6 Å². The van der Waals surface area contributed by atoms with Crippen molar-refractivity contribution in [3.05, 3.63) is 0 Å². The predicted molar refractivity (Wildman–Crippen MR) is 84.6 cm³/mol. The summed E-state index contributed by atoms with van der Waals surface area (Å²) in [4.78, 5) is 0. The largest absolute Gasteiger partial charge is 0.314 e. The summed E-state index contributed by atoms with van der Waals surface area (Å²) in [6.45, 7) is 10.7. The first-order valence-corrected chi connectivity index (χ1v) is 9.66. The zero-order valence-electron chi connectivity index (χ0n) is 13.7. The van der Waals surface area contributed by atoms with Crippen LogP contribution in [0.3, 0.4) is 0 Å². The van der Waals surface area contributed by atoms with Crippen molar-refractivity contribution in [1.82, 2.24) is 5.32 Å². The van der Waals surface area contributed by atoms with Crippen LogP contribution in [0.2, 0.25) is 0 Å². The second-order valence-electron chi connectivity index (χ2n) is 8.38. The topological polar surface area (TPSA) is 46.2 Å². The van der Waals surface area contributed by atoms with Crippen LogP contribution in [0.4, 0.5) is 0 Å². The van der Waals surface area contributed by atoms with Gasteiger partial charge in [0.2, 0.25) is 0 Å². The molecule has 0 bridgehead atoms. The van der Waals surface area contributed by atoms with Crippen molar-refractivity contribution >= 4 is 9.84 Å². The van der Waals surface area contributed by atoms with E-state index < -0.39 is 14.6 Å². The Hall–Kier alpha value is -0.0900. The molecule has 2 atom stereocenters. The molecule has 0 saturated heterocycles. The van der Waals surface area contributed by atoms with E-state index in [4.69, 9.17) is 0 Å². The summed E-state index contributed by atoms with van der Waals surface area (Å²) in [6.07, 6.45) is 4.68. The van der Waals surface area contributed by atoms with Gasteiger partial charge in [0.1, 0.15) is 0 Å². The molecule has 4 heteroatoms. The van der Waals surface area contributed by atoms with Gasteiger partial charge < -0.3 is 5.32 Å². The summed E-state index contributed by atoms with van der Waals surface area (Å²) in [5, 5.41) is 3.55. The van der Waals surface area contributed by atoms with E-state index in [2.05, 4.69) is 19.2 Å².